The Bertz CT molecular complexity index is 871. The summed E-state index contributed by atoms with van der Waals surface area (Å²) in [6.07, 6.45) is 6.39. The summed E-state index contributed by atoms with van der Waals surface area (Å²) in [6, 6.07) is 9.73. The van der Waals surface area contributed by atoms with E-state index in [1.807, 2.05) is 0 Å². The molecule has 3 rings (SSSR count). The first-order chi connectivity index (χ1) is 12.4. The van der Waals surface area contributed by atoms with E-state index in [1.54, 1.807) is 34.6 Å². The van der Waals surface area contributed by atoms with Crippen molar-refractivity contribution in [2.24, 2.45) is 5.92 Å². The number of sulfonamides is 1. The molecular formula is C19H22N2O4S. The molecule has 1 saturated heterocycles. The van der Waals surface area contributed by atoms with Crippen molar-refractivity contribution in [3.8, 4) is 0 Å². The number of anilines is 1. The van der Waals surface area contributed by atoms with Gasteiger partial charge in [-0.3, -0.25) is 4.79 Å². The van der Waals surface area contributed by atoms with Crippen molar-refractivity contribution in [3.05, 3.63) is 54.5 Å². The largest absolute Gasteiger partial charge is 0.465 e. The quantitative estimate of drug-likeness (QED) is 0.814. The molecular weight excluding hydrogens is 352 g/mol. The number of nitrogens with one attached hydrogen (secondary N) is 1. The summed E-state index contributed by atoms with van der Waals surface area (Å²) in [5.41, 5.74) is 0.532. The third-order valence-corrected chi connectivity index (χ3v) is 6.20. The Morgan fingerprint density at radius 1 is 1.27 bits per heavy atom. The summed E-state index contributed by atoms with van der Waals surface area (Å²) in [5.74, 6) is 0.636. The highest BCUT2D eigenvalue weighted by Gasteiger charge is 2.28. The lowest BCUT2D eigenvalue weighted by Crippen LogP contribution is -2.39. The molecule has 0 unspecified atom stereocenters. The summed E-state index contributed by atoms with van der Waals surface area (Å²) >= 11 is 0. The van der Waals surface area contributed by atoms with Crippen molar-refractivity contribution < 1.29 is 17.6 Å². The third-order valence-electron chi connectivity index (χ3n) is 4.32. The molecule has 6 nitrogen and oxygen atoms in total. The van der Waals surface area contributed by atoms with E-state index in [-0.39, 0.29) is 10.8 Å². The molecule has 7 heteroatoms. The van der Waals surface area contributed by atoms with Gasteiger partial charge in [0, 0.05) is 24.9 Å². The van der Waals surface area contributed by atoms with E-state index in [9.17, 15) is 13.2 Å². The van der Waals surface area contributed by atoms with Gasteiger partial charge in [-0.2, -0.15) is 4.31 Å². The van der Waals surface area contributed by atoms with Crippen molar-refractivity contribution in [2.45, 2.75) is 24.7 Å². The van der Waals surface area contributed by atoms with E-state index in [1.165, 1.54) is 24.5 Å². The molecule has 1 aromatic heterocycles. The fourth-order valence-electron chi connectivity index (χ4n) is 2.95. The maximum atomic E-state index is 12.7. The number of rotatable bonds is 5. The molecule has 1 N–H and O–H groups in total. The third kappa shape index (κ3) is 4.42. The van der Waals surface area contributed by atoms with Crippen LogP contribution in [0.3, 0.4) is 0 Å². The average Bonchev–Trinajstić information content (AvgIpc) is 3.14. The first-order valence-electron chi connectivity index (χ1n) is 8.58. The van der Waals surface area contributed by atoms with Gasteiger partial charge >= 0.3 is 0 Å². The maximum Gasteiger partial charge on any atom is 0.248 e. The van der Waals surface area contributed by atoms with Crippen LogP contribution in [0.5, 0.6) is 0 Å². The van der Waals surface area contributed by atoms with Crippen LogP contribution < -0.4 is 5.32 Å². The lowest BCUT2D eigenvalue weighted by molar-refractivity contribution is -0.111. The van der Waals surface area contributed by atoms with Gasteiger partial charge in [0.1, 0.15) is 5.76 Å². The molecule has 0 spiro atoms. The number of carbonyl (C=O) groups is 1. The van der Waals surface area contributed by atoms with E-state index in [4.69, 9.17) is 4.42 Å². The summed E-state index contributed by atoms with van der Waals surface area (Å²) in [6.45, 7) is 3.18. The lowest BCUT2D eigenvalue weighted by atomic mass is 10.0. The Morgan fingerprint density at radius 2 is 2.04 bits per heavy atom. The van der Waals surface area contributed by atoms with Gasteiger partial charge in [-0.05, 0) is 61.2 Å². The molecule has 1 atom stereocenters. The highest BCUT2D eigenvalue weighted by atomic mass is 32.2. The molecule has 0 radical (unpaired) electrons. The number of hydrogen-bond acceptors (Lipinski definition) is 4. The normalized spacial score (nSPS) is 18.9. The Balaban J connectivity index is 1.65. The zero-order valence-corrected chi connectivity index (χ0v) is 15.4. The highest BCUT2D eigenvalue weighted by Crippen LogP contribution is 2.24. The van der Waals surface area contributed by atoms with Crippen molar-refractivity contribution in [2.75, 3.05) is 18.4 Å². The van der Waals surface area contributed by atoms with E-state index in [2.05, 4.69) is 12.2 Å². The first-order valence-corrected chi connectivity index (χ1v) is 10.0. The zero-order chi connectivity index (χ0) is 18.6. The second kappa shape index (κ2) is 7.88. The summed E-state index contributed by atoms with van der Waals surface area (Å²) in [7, 11) is -3.49. The van der Waals surface area contributed by atoms with Crippen molar-refractivity contribution >= 4 is 27.7 Å². The molecule has 2 aromatic rings. The molecule has 138 valence electrons. The van der Waals surface area contributed by atoms with Gasteiger partial charge in [0.2, 0.25) is 15.9 Å². The van der Waals surface area contributed by atoms with Gasteiger partial charge in [-0.1, -0.05) is 6.92 Å². The number of piperidine rings is 1. The molecule has 1 fully saturated rings. The average molecular weight is 374 g/mol. The van der Waals surface area contributed by atoms with Gasteiger partial charge < -0.3 is 9.73 Å². The van der Waals surface area contributed by atoms with E-state index >= 15 is 0 Å². The van der Waals surface area contributed by atoms with E-state index in [0.29, 0.717) is 30.5 Å². The molecule has 0 aliphatic carbocycles. The second-order valence-corrected chi connectivity index (χ2v) is 8.41. The van der Waals surface area contributed by atoms with Crippen LogP contribution in [0, 0.1) is 5.92 Å². The minimum Gasteiger partial charge on any atom is -0.465 e. The van der Waals surface area contributed by atoms with Crippen molar-refractivity contribution in [1.82, 2.24) is 4.31 Å². The van der Waals surface area contributed by atoms with Crippen LogP contribution >= 0.6 is 0 Å². The number of amides is 1. The van der Waals surface area contributed by atoms with Crippen LogP contribution in [0.15, 0.2) is 58.1 Å². The number of benzene rings is 1. The second-order valence-electron chi connectivity index (χ2n) is 6.47. The van der Waals surface area contributed by atoms with Crippen LogP contribution in [0.25, 0.3) is 6.08 Å². The van der Waals surface area contributed by atoms with Crippen molar-refractivity contribution in [3.63, 3.8) is 0 Å². The number of hydrogen-bond donors (Lipinski definition) is 1. The molecule has 26 heavy (non-hydrogen) atoms. The standard InChI is InChI=1S/C19H22N2O4S/c1-15-4-2-12-21(14-15)26(23,24)18-9-6-16(7-10-18)20-19(22)11-8-17-5-3-13-25-17/h3,5-11,13,15H,2,4,12,14H2,1H3,(H,20,22)/b11-8+/t15-/m0/s1. The van der Waals surface area contributed by atoms with Crippen LogP contribution in [0.1, 0.15) is 25.5 Å². The van der Waals surface area contributed by atoms with Crippen LogP contribution in [0.2, 0.25) is 0 Å². The Kier molecular flexibility index (Phi) is 5.58. The van der Waals surface area contributed by atoms with E-state index in [0.717, 1.165) is 12.8 Å². The molecule has 0 saturated carbocycles. The molecule has 0 bridgehead atoms. The predicted octanol–water partition coefficient (Wildman–Crippen LogP) is 3.35. The topological polar surface area (TPSA) is 79.6 Å². The number of nitrogens with zero attached hydrogens (tertiary/aromatic N) is 1. The van der Waals surface area contributed by atoms with Crippen LogP contribution in [-0.4, -0.2) is 31.7 Å². The van der Waals surface area contributed by atoms with Gasteiger partial charge in [0.05, 0.1) is 11.2 Å². The number of carbonyl (C=O) groups excluding carboxylic acids is 1. The monoisotopic (exact) mass is 374 g/mol. The summed E-state index contributed by atoms with van der Waals surface area (Å²) < 4.78 is 32.1. The van der Waals surface area contributed by atoms with Crippen molar-refractivity contribution in [1.29, 1.82) is 0 Å². The summed E-state index contributed by atoms with van der Waals surface area (Å²) in [5, 5.41) is 2.69. The lowest BCUT2D eigenvalue weighted by Gasteiger charge is -2.30. The smallest absolute Gasteiger partial charge is 0.248 e. The fraction of sp³-hybridized carbons (Fsp3) is 0.316. The zero-order valence-electron chi connectivity index (χ0n) is 14.6. The molecule has 2 heterocycles. The van der Waals surface area contributed by atoms with Gasteiger partial charge in [-0.25, -0.2) is 8.42 Å². The SMILES string of the molecule is C[C@H]1CCCN(S(=O)(=O)c2ccc(NC(=O)/C=C/c3ccco3)cc2)C1. The minimum absolute atomic E-state index is 0.246. The van der Waals surface area contributed by atoms with Crippen LogP contribution in [0.4, 0.5) is 5.69 Å². The van der Waals surface area contributed by atoms with Gasteiger partial charge in [0.15, 0.2) is 0 Å². The fourth-order valence-corrected chi connectivity index (χ4v) is 4.55. The summed E-state index contributed by atoms with van der Waals surface area (Å²) in [4.78, 5) is 12.2. The Labute approximate surface area is 153 Å². The first kappa shape index (κ1) is 18.4. The molecule has 1 amide bonds. The van der Waals surface area contributed by atoms with E-state index < -0.39 is 10.0 Å². The molecule has 1 aliphatic rings. The maximum absolute atomic E-state index is 12.7. The number of furan rings is 1. The highest BCUT2D eigenvalue weighted by molar-refractivity contribution is 7.89. The minimum atomic E-state index is -3.49. The molecule has 1 aromatic carbocycles. The van der Waals surface area contributed by atoms with Gasteiger partial charge in [-0.15, -0.1) is 0 Å². The molecule has 1 aliphatic heterocycles. The predicted molar refractivity (Wildman–Crippen MR) is 100.0 cm³/mol. The van der Waals surface area contributed by atoms with Gasteiger partial charge in [0.25, 0.3) is 0 Å². The Morgan fingerprint density at radius 3 is 2.69 bits per heavy atom. The Hall–Kier alpha value is -2.38. The van der Waals surface area contributed by atoms with Crippen LogP contribution in [-0.2, 0) is 14.8 Å².